The van der Waals surface area contributed by atoms with Crippen LogP contribution in [0.1, 0.15) is 84.5 Å². The van der Waals surface area contributed by atoms with Crippen LogP contribution in [0.15, 0.2) is 18.2 Å². The molecule has 1 aromatic rings. The molecule has 0 saturated carbocycles. The van der Waals surface area contributed by atoms with Gasteiger partial charge in [0.05, 0.1) is 6.10 Å². The molecule has 1 unspecified atom stereocenters. The van der Waals surface area contributed by atoms with Gasteiger partial charge in [-0.05, 0) is 37.8 Å². The van der Waals surface area contributed by atoms with Gasteiger partial charge in [0, 0.05) is 0 Å². The highest BCUT2D eigenvalue weighted by Gasteiger charge is 2.14. The molecule has 0 aliphatic rings. The SMILES string of the molecule is CCCCCCCCC(CCCCC)Oc1cccc(O)c1O. The first-order valence-corrected chi connectivity index (χ1v) is 9.36. The van der Waals surface area contributed by atoms with Gasteiger partial charge in [-0.15, -0.1) is 0 Å². The van der Waals surface area contributed by atoms with Crippen molar-refractivity contribution < 1.29 is 14.9 Å². The normalized spacial score (nSPS) is 12.3. The first-order chi connectivity index (χ1) is 11.2. The number of para-hydroxylation sites is 1. The predicted molar refractivity (Wildman–Crippen MR) is 96.3 cm³/mol. The Balaban J connectivity index is 2.46. The highest BCUT2D eigenvalue weighted by molar-refractivity contribution is 5.48. The van der Waals surface area contributed by atoms with Crippen LogP contribution in [0.5, 0.6) is 17.2 Å². The van der Waals surface area contributed by atoms with Crippen molar-refractivity contribution in [3.63, 3.8) is 0 Å². The average Bonchev–Trinajstić information content (AvgIpc) is 2.55. The number of ether oxygens (including phenoxy) is 1. The van der Waals surface area contributed by atoms with E-state index in [1.165, 1.54) is 57.4 Å². The van der Waals surface area contributed by atoms with Crippen LogP contribution in [0, 0.1) is 0 Å². The fourth-order valence-electron chi connectivity index (χ4n) is 2.82. The number of benzene rings is 1. The zero-order valence-electron chi connectivity index (χ0n) is 14.9. The summed E-state index contributed by atoms with van der Waals surface area (Å²) in [5.74, 6) is 0.141. The van der Waals surface area contributed by atoms with Gasteiger partial charge in [0.2, 0.25) is 5.75 Å². The second-order valence-electron chi connectivity index (χ2n) is 6.42. The van der Waals surface area contributed by atoms with Gasteiger partial charge in [0.25, 0.3) is 0 Å². The van der Waals surface area contributed by atoms with Crippen molar-refractivity contribution in [3.8, 4) is 17.2 Å². The highest BCUT2D eigenvalue weighted by atomic mass is 16.5. The first kappa shape index (κ1) is 19.7. The van der Waals surface area contributed by atoms with Gasteiger partial charge in [0.1, 0.15) is 0 Å². The van der Waals surface area contributed by atoms with Crippen molar-refractivity contribution in [2.24, 2.45) is 0 Å². The van der Waals surface area contributed by atoms with Gasteiger partial charge >= 0.3 is 0 Å². The lowest BCUT2D eigenvalue weighted by molar-refractivity contribution is 0.166. The Morgan fingerprint density at radius 1 is 0.826 bits per heavy atom. The topological polar surface area (TPSA) is 49.7 Å². The van der Waals surface area contributed by atoms with Crippen LogP contribution in [0.25, 0.3) is 0 Å². The maximum absolute atomic E-state index is 9.91. The molecular weight excluding hydrogens is 288 g/mol. The van der Waals surface area contributed by atoms with Crippen molar-refractivity contribution in [1.82, 2.24) is 0 Å². The van der Waals surface area contributed by atoms with Crippen LogP contribution in [0.3, 0.4) is 0 Å². The standard InChI is InChI=1S/C20H34O3/c1-3-5-7-8-9-11-14-17(13-10-6-4-2)23-19-16-12-15-18(21)20(19)22/h12,15-17,21-22H,3-11,13-14H2,1-2H3. The molecule has 1 aromatic carbocycles. The van der Waals surface area contributed by atoms with Crippen LogP contribution in [0.2, 0.25) is 0 Å². The largest absolute Gasteiger partial charge is 0.504 e. The molecule has 3 heteroatoms. The highest BCUT2D eigenvalue weighted by Crippen LogP contribution is 2.36. The van der Waals surface area contributed by atoms with E-state index in [2.05, 4.69) is 13.8 Å². The van der Waals surface area contributed by atoms with Crippen molar-refractivity contribution >= 4 is 0 Å². The fourth-order valence-corrected chi connectivity index (χ4v) is 2.82. The number of rotatable bonds is 13. The zero-order valence-corrected chi connectivity index (χ0v) is 14.9. The van der Waals surface area contributed by atoms with E-state index in [-0.39, 0.29) is 17.6 Å². The Morgan fingerprint density at radius 2 is 1.39 bits per heavy atom. The Morgan fingerprint density at radius 3 is 2.09 bits per heavy atom. The Labute approximate surface area is 141 Å². The molecule has 0 radical (unpaired) electrons. The molecule has 3 nitrogen and oxygen atoms in total. The second kappa shape index (κ2) is 12.1. The summed E-state index contributed by atoms with van der Waals surface area (Å²) >= 11 is 0. The Kier molecular flexibility index (Phi) is 10.3. The number of unbranched alkanes of at least 4 members (excludes halogenated alkanes) is 7. The lowest BCUT2D eigenvalue weighted by Gasteiger charge is -2.20. The number of hydrogen-bond donors (Lipinski definition) is 2. The van der Waals surface area contributed by atoms with E-state index in [4.69, 9.17) is 4.74 Å². The van der Waals surface area contributed by atoms with Gasteiger partial charge in [-0.3, -0.25) is 0 Å². The van der Waals surface area contributed by atoms with Crippen molar-refractivity contribution in [2.75, 3.05) is 0 Å². The predicted octanol–water partition coefficient (Wildman–Crippen LogP) is 6.18. The van der Waals surface area contributed by atoms with Crippen LogP contribution >= 0.6 is 0 Å². The first-order valence-electron chi connectivity index (χ1n) is 9.36. The molecule has 23 heavy (non-hydrogen) atoms. The average molecular weight is 322 g/mol. The monoisotopic (exact) mass is 322 g/mol. The summed E-state index contributed by atoms with van der Waals surface area (Å²) in [6.45, 7) is 4.43. The van der Waals surface area contributed by atoms with Gasteiger partial charge in [-0.2, -0.15) is 0 Å². The molecule has 0 bridgehead atoms. The summed E-state index contributed by atoms with van der Waals surface area (Å²) in [6, 6.07) is 4.91. The maximum Gasteiger partial charge on any atom is 0.200 e. The third-order valence-corrected chi connectivity index (χ3v) is 4.28. The van der Waals surface area contributed by atoms with E-state index in [1.54, 1.807) is 12.1 Å². The third-order valence-electron chi connectivity index (χ3n) is 4.28. The van der Waals surface area contributed by atoms with Crippen molar-refractivity contribution in [1.29, 1.82) is 0 Å². The molecular formula is C20H34O3. The summed E-state index contributed by atoms with van der Waals surface area (Å²) in [7, 11) is 0. The summed E-state index contributed by atoms with van der Waals surface area (Å²) in [5, 5.41) is 19.5. The molecule has 0 saturated heterocycles. The quantitative estimate of drug-likeness (QED) is 0.337. The number of phenols is 2. The van der Waals surface area contributed by atoms with E-state index < -0.39 is 0 Å². The van der Waals surface area contributed by atoms with E-state index in [1.807, 2.05) is 0 Å². The van der Waals surface area contributed by atoms with E-state index >= 15 is 0 Å². The minimum atomic E-state index is -0.143. The van der Waals surface area contributed by atoms with E-state index in [0.717, 1.165) is 19.3 Å². The molecule has 0 fully saturated rings. The number of aromatic hydroxyl groups is 2. The van der Waals surface area contributed by atoms with Gasteiger partial charge in [0.15, 0.2) is 11.5 Å². The number of phenolic OH excluding ortho intramolecular Hbond substituents is 2. The molecule has 0 aliphatic heterocycles. The lowest BCUT2D eigenvalue weighted by Crippen LogP contribution is -2.16. The van der Waals surface area contributed by atoms with E-state index in [0.29, 0.717) is 5.75 Å². The molecule has 0 spiro atoms. The molecule has 0 heterocycles. The van der Waals surface area contributed by atoms with Gasteiger partial charge < -0.3 is 14.9 Å². The maximum atomic E-state index is 9.91. The van der Waals surface area contributed by atoms with Crippen LogP contribution < -0.4 is 4.74 Å². The van der Waals surface area contributed by atoms with Crippen LogP contribution in [-0.4, -0.2) is 16.3 Å². The fraction of sp³-hybridized carbons (Fsp3) is 0.700. The van der Waals surface area contributed by atoms with Gasteiger partial charge in [-0.1, -0.05) is 64.9 Å². The summed E-state index contributed by atoms with van der Waals surface area (Å²) in [4.78, 5) is 0. The molecule has 2 N–H and O–H groups in total. The van der Waals surface area contributed by atoms with E-state index in [9.17, 15) is 10.2 Å². The molecule has 0 aliphatic carbocycles. The second-order valence-corrected chi connectivity index (χ2v) is 6.42. The number of hydrogen-bond acceptors (Lipinski definition) is 3. The van der Waals surface area contributed by atoms with Crippen molar-refractivity contribution in [3.05, 3.63) is 18.2 Å². The summed E-state index contributed by atoms with van der Waals surface area (Å²) in [6.07, 6.45) is 13.4. The van der Waals surface area contributed by atoms with Crippen molar-refractivity contribution in [2.45, 2.75) is 90.6 Å². The third kappa shape index (κ3) is 8.15. The Hall–Kier alpha value is -1.38. The smallest absolute Gasteiger partial charge is 0.200 e. The summed E-state index contributed by atoms with van der Waals surface area (Å²) < 4.78 is 5.99. The molecule has 0 aromatic heterocycles. The molecule has 1 rings (SSSR count). The lowest BCUT2D eigenvalue weighted by atomic mass is 10.0. The minimum absolute atomic E-state index is 0.116. The van der Waals surface area contributed by atoms with Crippen LogP contribution in [-0.2, 0) is 0 Å². The molecule has 0 amide bonds. The van der Waals surface area contributed by atoms with Gasteiger partial charge in [-0.25, -0.2) is 0 Å². The Bertz CT molecular complexity index is 417. The molecule has 132 valence electrons. The van der Waals surface area contributed by atoms with Crippen LogP contribution in [0.4, 0.5) is 0 Å². The zero-order chi connectivity index (χ0) is 16.9. The minimum Gasteiger partial charge on any atom is -0.504 e. The molecule has 1 atom stereocenters. The summed E-state index contributed by atoms with van der Waals surface area (Å²) in [5.41, 5.74) is 0.